The number of rotatable bonds is 5. The predicted molar refractivity (Wildman–Crippen MR) is 47.8 cm³/mol. The van der Waals surface area contributed by atoms with Crippen LogP contribution in [0.5, 0.6) is 0 Å². The molecule has 0 saturated carbocycles. The quantitative estimate of drug-likeness (QED) is 0.309. The number of hydrogen-bond donors (Lipinski definition) is 0. The van der Waals surface area contributed by atoms with E-state index >= 15 is 0 Å². The van der Waals surface area contributed by atoms with Crippen LogP contribution in [0.15, 0.2) is 24.3 Å². The van der Waals surface area contributed by atoms with Crippen LogP contribution in [0.25, 0.3) is 0 Å². The Balaban J connectivity index is 2.97. The minimum absolute atomic E-state index is 1.10. The van der Waals surface area contributed by atoms with Crippen molar-refractivity contribution in [2.45, 2.75) is 33.1 Å². The molecule has 0 aromatic rings. The van der Waals surface area contributed by atoms with Crippen molar-refractivity contribution < 1.29 is 0 Å². The van der Waals surface area contributed by atoms with E-state index in [2.05, 4.69) is 44.6 Å². The topological polar surface area (TPSA) is 0 Å². The van der Waals surface area contributed by atoms with E-state index in [0.29, 0.717) is 0 Å². The van der Waals surface area contributed by atoms with Gasteiger partial charge in [-0.05, 0) is 25.5 Å². The van der Waals surface area contributed by atoms with Crippen molar-refractivity contribution in [1.82, 2.24) is 0 Å². The maximum absolute atomic E-state index is 2.27. The van der Waals surface area contributed by atoms with E-state index in [1.54, 1.807) is 0 Å². The Hall–Kier alpha value is -0.650. The molecule has 0 aliphatic heterocycles. The Morgan fingerprint density at radius 2 is 1.80 bits per heavy atom. The van der Waals surface area contributed by atoms with Gasteiger partial charge in [0.05, 0.1) is 6.42 Å². The molecule has 0 N–H and O–H groups in total. The summed E-state index contributed by atoms with van der Waals surface area (Å²) in [6.07, 6.45) is 14.3. The van der Waals surface area contributed by atoms with Crippen LogP contribution in [0.1, 0.15) is 33.1 Å². The molecule has 56 valence electrons. The Bertz CT molecular complexity index is 98.6. The van der Waals surface area contributed by atoms with Gasteiger partial charge in [0, 0.05) is 0 Å². The lowest BCUT2D eigenvalue weighted by Gasteiger charge is -1.79. The molecule has 0 radical (unpaired) electrons. The molecular weight excluding hydrogens is 120 g/mol. The molecule has 0 saturated heterocycles. The van der Waals surface area contributed by atoms with Crippen LogP contribution in [0.3, 0.4) is 0 Å². The van der Waals surface area contributed by atoms with E-state index in [9.17, 15) is 0 Å². The highest BCUT2D eigenvalue weighted by atomic mass is 13.8. The van der Waals surface area contributed by atoms with Crippen molar-refractivity contribution >= 4 is 0 Å². The van der Waals surface area contributed by atoms with Crippen LogP contribution in [-0.4, -0.2) is 0 Å². The lowest BCUT2D eigenvalue weighted by atomic mass is 10.2. The Kier molecular flexibility index (Phi) is 7.81. The van der Waals surface area contributed by atoms with Crippen molar-refractivity contribution in [1.29, 1.82) is 0 Å². The SMILES string of the molecule is C/C=C/C[CH+]C/C=C/CC. The monoisotopic (exact) mass is 137 g/mol. The summed E-state index contributed by atoms with van der Waals surface area (Å²) < 4.78 is 0. The molecule has 0 aromatic heterocycles. The molecule has 0 bridgehead atoms. The molecule has 0 atom stereocenters. The first-order valence-corrected chi connectivity index (χ1v) is 3.99. The fraction of sp³-hybridized carbons (Fsp3) is 0.500. The summed E-state index contributed by atoms with van der Waals surface area (Å²) in [7, 11) is 0. The third kappa shape index (κ3) is 7.35. The van der Waals surface area contributed by atoms with Gasteiger partial charge in [-0.15, -0.1) is 0 Å². The third-order valence-corrected chi connectivity index (χ3v) is 1.24. The molecule has 0 nitrogen and oxygen atoms in total. The first-order valence-electron chi connectivity index (χ1n) is 3.99. The fourth-order valence-corrected chi connectivity index (χ4v) is 0.688. The summed E-state index contributed by atoms with van der Waals surface area (Å²) in [4.78, 5) is 0. The van der Waals surface area contributed by atoms with Crippen molar-refractivity contribution in [3.05, 3.63) is 30.7 Å². The standard InChI is InChI=1S/C10H17/c1-3-5-7-9-10-8-6-4-2/h3,5-6,8-9H,4,7,10H2,1-2H3/q+1/b5-3+,8-6+. The Morgan fingerprint density at radius 1 is 1.10 bits per heavy atom. The summed E-state index contributed by atoms with van der Waals surface area (Å²) in [5.74, 6) is 0. The van der Waals surface area contributed by atoms with E-state index in [-0.39, 0.29) is 0 Å². The maximum atomic E-state index is 2.27. The van der Waals surface area contributed by atoms with Crippen LogP contribution in [0.4, 0.5) is 0 Å². The average Bonchev–Trinajstić information content (AvgIpc) is 1.97. The van der Waals surface area contributed by atoms with Gasteiger partial charge >= 0.3 is 0 Å². The van der Waals surface area contributed by atoms with E-state index in [0.717, 1.165) is 19.3 Å². The molecule has 0 aliphatic rings. The van der Waals surface area contributed by atoms with Gasteiger partial charge in [-0.3, -0.25) is 0 Å². The van der Waals surface area contributed by atoms with Crippen molar-refractivity contribution in [2.24, 2.45) is 0 Å². The normalized spacial score (nSPS) is 11.4. The van der Waals surface area contributed by atoms with E-state index in [4.69, 9.17) is 0 Å². The summed E-state index contributed by atoms with van der Waals surface area (Å²) in [6, 6.07) is 0. The largest absolute Gasteiger partial charge is 0.106 e. The van der Waals surface area contributed by atoms with Crippen molar-refractivity contribution in [2.75, 3.05) is 0 Å². The van der Waals surface area contributed by atoms with Crippen LogP contribution >= 0.6 is 0 Å². The predicted octanol–water partition coefficient (Wildman–Crippen LogP) is 3.51. The van der Waals surface area contributed by atoms with Crippen LogP contribution in [0, 0.1) is 6.42 Å². The second-order valence-electron chi connectivity index (χ2n) is 2.21. The van der Waals surface area contributed by atoms with Gasteiger partial charge in [0.15, 0.2) is 0 Å². The zero-order chi connectivity index (χ0) is 7.66. The third-order valence-electron chi connectivity index (χ3n) is 1.24. The molecule has 0 amide bonds. The van der Waals surface area contributed by atoms with E-state index < -0.39 is 0 Å². The lowest BCUT2D eigenvalue weighted by molar-refractivity contribution is 1.09. The second-order valence-corrected chi connectivity index (χ2v) is 2.21. The minimum atomic E-state index is 1.10. The molecule has 0 aliphatic carbocycles. The summed E-state index contributed by atoms with van der Waals surface area (Å²) >= 11 is 0. The first kappa shape index (κ1) is 9.35. The van der Waals surface area contributed by atoms with Gasteiger partial charge < -0.3 is 0 Å². The summed E-state index contributed by atoms with van der Waals surface area (Å²) in [6.45, 7) is 4.21. The molecule has 0 heterocycles. The molecule has 0 unspecified atom stereocenters. The zero-order valence-corrected chi connectivity index (χ0v) is 7.01. The van der Waals surface area contributed by atoms with Crippen LogP contribution in [0.2, 0.25) is 0 Å². The average molecular weight is 137 g/mol. The van der Waals surface area contributed by atoms with E-state index in [1.165, 1.54) is 0 Å². The summed E-state index contributed by atoms with van der Waals surface area (Å²) in [5.41, 5.74) is 0. The number of hydrogen-bond acceptors (Lipinski definition) is 0. The molecule has 0 aromatic carbocycles. The zero-order valence-electron chi connectivity index (χ0n) is 7.01. The van der Waals surface area contributed by atoms with Gasteiger partial charge in [0.1, 0.15) is 12.8 Å². The van der Waals surface area contributed by atoms with Gasteiger partial charge in [-0.1, -0.05) is 19.1 Å². The molecule has 0 heteroatoms. The molecule has 0 rings (SSSR count). The van der Waals surface area contributed by atoms with E-state index in [1.807, 2.05) is 0 Å². The molecule has 0 fully saturated rings. The Morgan fingerprint density at radius 3 is 2.40 bits per heavy atom. The fourth-order valence-electron chi connectivity index (χ4n) is 0.688. The lowest BCUT2D eigenvalue weighted by Crippen LogP contribution is -1.69. The van der Waals surface area contributed by atoms with Gasteiger partial charge in [-0.2, -0.15) is 0 Å². The second kappa shape index (κ2) is 8.35. The number of unbranched alkanes of at least 4 members (excludes halogenated alkanes) is 2. The van der Waals surface area contributed by atoms with Crippen LogP contribution in [-0.2, 0) is 0 Å². The van der Waals surface area contributed by atoms with Gasteiger partial charge in [0.2, 0.25) is 0 Å². The minimum Gasteiger partial charge on any atom is -0.0875 e. The smallest absolute Gasteiger partial charge is 0.0875 e. The maximum Gasteiger partial charge on any atom is 0.106 e. The first-order chi connectivity index (χ1) is 4.91. The van der Waals surface area contributed by atoms with Crippen molar-refractivity contribution in [3.8, 4) is 0 Å². The highest BCUT2D eigenvalue weighted by molar-refractivity contribution is 4.90. The van der Waals surface area contributed by atoms with Crippen LogP contribution < -0.4 is 0 Å². The highest BCUT2D eigenvalue weighted by Gasteiger charge is 1.88. The highest BCUT2D eigenvalue weighted by Crippen LogP contribution is 1.96. The molecule has 0 spiro atoms. The molecule has 10 heavy (non-hydrogen) atoms. The van der Waals surface area contributed by atoms with Gasteiger partial charge in [0.25, 0.3) is 0 Å². The summed E-state index contributed by atoms with van der Waals surface area (Å²) in [5, 5.41) is 0. The molecular formula is C10H17+. The number of allylic oxidation sites excluding steroid dienone is 4. The van der Waals surface area contributed by atoms with Gasteiger partial charge in [-0.25, -0.2) is 0 Å². The Labute approximate surface area is 64.6 Å². The van der Waals surface area contributed by atoms with Crippen molar-refractivity contribution in [3.63, 3.8) is 0 Å².